The molecule has 146 valence electrons. The van der Waals surface area contributed by atoms with Gasteiger partial charge in [-0.05, 0) is 41.5 Å². The zero-order valence-electron chi connectivity index (χ0n) is 15.5. The van der Waals surface area contributed by atoms with Crippen molar-refractivity contribution in [2.24, 2.45) is 10.2 Å². The Hall–Kier alpha value is -3.41. The molecule has 1 aliphatic heterocycles. The number of rotatable bonds is 5. The lowest BCUT2D eigenvalue weighted by atomic mass is 10.1. The Kier molecular flexibility index (Phi) is 4.92. The number of hydrogen-bond acceptors (Lipinski definition) is 5. The van der Waals surface area contributed by atoms with Gasteiger partial charge in [-0.1, -0.05) is 30.3 Å². The fourth-order valence-electron chi connectivity index (χ4n) is 3.41. The fraction of sp³-hybridized carbons (Fsp3) is 0.143. The lowest BCUT2D eigenvalue weighted by Gasteiger charge is -2.23. The molecule has 1 aliphatic rings. The van der Waals surface area contributed by atoms with Crippen LogP contribution in [-0.4, -0.2) is 18.7 Å². The molecule has 4 rings (SSSR count). The van der Waals surface area contributed by atoms with Crippen LogP contribution in [-0.2, 0) is 16.6 Å². The normalized spacial score (nSPS) is 16.5. The van der Waals surface area contributed by atoms with Crippen LogP contribution in [0.25, 0.3) is 0 Å². The second kappa shape index (κ2) is 7.54. The highest BCUT2D eigenvalue weighted by Crippen LogP contribution is 2.35. The van der Waals surface area contributed by atoms with Crippen molar-refractivity contribution in [1.29, 1.82) is 5.26 Å². The van der Waals surface area contributed by atoms with E-state index in [2.05, 4.69) is 34.1 Å². The van der Waals surface area contributed by atoms with Crippen LogP contribution < -0.4 is 10.1 Å². The molecule has 1 aromatic heterocycles. The maximum Gasteiger partial charge on any atom is 0.238 e. The van der Waals surface area contributed by atoms with Crippen LogP contribution in [0.5, 0.6) is 0 Å². The molecule has 29 heavy (non-hydrogen) atoms. The summed E-state index contributed by atoms with van der Waals surface area (Å²) in [4.78, 5) is 0.0375. The minimum Gasteiger partial charge on any atom is -0.350 e. The van der Waals surface area contributed by atoms with Gasteiger partial charge in [0, 0.05) is 25.4 Å². The van der Waals surface area contributed by atoms with Crippen LogP contribution in [0.1, 0.15) is 23.6 Å². The van der Waals surface area contributed by atoms with E-state index in [1.54, 1.807) is 17.1 Å². The minimum absolute atomic E-state index is 0.0375. The van der Waals surface area contributed by atoms with Crippen molar-refractivity contribution in [3.63, 3.8) is 0 Å². The lowest BCUT2D eigenvalue weighted by Crippen LogP contribution is -2.18. The second-order valence-electron chi connectivity index (χ2n) is 6.86. The summed E-state index contributed by atoms with van der Waals surface area (Å²) in [5.74, 6) is 0. The van der Waals surface area contributed by atoms with Gasteiger partial charge < -0.3 is 4.57 Å². The summed E-state index contributed by atoms with van der Waals surface area (Å²) in [5.41, 5.74) is 3.36. The van der Waals surface area contributed by atoms with Gasteiger partial charge in [0.05, 0.1) is 16.6 Å². The summed E-state index contributed by atoms with van der Waals surface area (Å²) in [7, 11) is -3.76. The molecule has 8 heteroatoms. The third kappa shape index (κ3) is 4.06. The number of benzene rings is 2. The first kappa shape index (κ1) is 18.9. The molecule has 1 atom stereocenters. The number of hydrogen-bond donors (Lipinski definition) is 1. The summed E-state index contributed by atoms with van der Waals surface area (Å²) in [6, 6.07) is 20.4. The monoisotopic (exact) mass is 405 g/mol. The van der Waals surface area contributed by atoms with Gasteiger partial charge in [0.25, 0.3) is 0 Å². The Morgan fingerprint density at radius 1 is 1.10 bits per heavy atom. The first-order valence-corrected chi connectivity index (χ1v) is 10.6. The number of nitriles is 1. The van der Waals surface area contributed by atoms with Crippen molar-refractivity contribution in [1.82, 2.24) is 4.57 Å². The minimum atomic E-state index is -3.76. The maximum absolute atomic E-state index is 11.5. The van der Waals surface area contributed by atoms with Crippen LogP contribution in [0.4, 0.5) is 5.69 Å². The Balaban J connectivity index is 1.60. The predicted octanol–water partition coefficient (Wildman–Crippen LogP) is 3.01. The van der Waals surface area contributed by atoms with Crippen LogP contribution in [0.2, 0.25) is 0 Å². The summed E-state index contributed by atoms with van der Waals surface area (Å²) >= 11 is 0. The molecule has 0 fully saturated rings. The van der Waals surface area contributed by atoms with E-state index in [0.717, 1.165) is 12.1 Å². The van der Waals surface area contributed by atoms with Crippen molar-refractivity contribution in [3.05, 3.63) is 84.2 Å². The molecule has 7 nitrogen and oxygen atoms in total. The van der Waals surface area contributed by atoms with E-state index in [1.165, 1.54) is 17.7 Å². The van der Waals surface area contributed by atoms with E-state index in [-0.39, 0.29) is 10.9 Å². The van der Waals surface area contributed by atoms with E-state index in [4.69, 9.17) is 5.14 Å². The average Bonchev–Trinajstić information content (AvgIpc) is 3.35. The van der Waals surface area contributed by atoms with Crippen molar-refractivity contribution in [3.8, 4) is 6.07 Å². The number of nitrogens with two attached hydrogens (primary N) is 1. The highest BCUT2D eigenvalue weighted by atomic mass is 32.2. The summed E-state index contributed by atoms with van der Waals surface area (Å²) in [6.45, 7) is 0.753. The van der Waals surface area contributed by atoms with Gasteiger partial charge in [-0.25, -0.2) is 13.6 Å². The third-order valence-corrected chi connectivity index (χ3v) is 5.76. The van der Waals surface area contributed by atoms with Crippen LogP contribution in [0, 0.1) is 11.3 Å². The van der Waals surface area contributed by atoms with E-state index in [1.807, 2.05) is 30.5 Å². The molecule has 2 aromatic carbocycles. The molecule has 0 radical (unpaired) electrons. The van der Waals surface area contributed by atoms with E-state index >= 15 is 0 Å². The fourth-order valence-corrected chi connectivity index (χ4v) is 3.93. The Bertz CT molecular complexity index is 1190. The largest absolute Gasteiger partial charge is 0.350 e. The van der Waals surface area contributed by atoms with Gasteiger partial charge in [0.15, 0.2) is 0 Å². The SMILES string of the molecule is N#CC1=NN(c2ccc(S(N)(=O)=O)cc2)C(c2ccn(Cc3ccccc3)c2)C1. The number of sulfonamides is 1. The van der Waals surface area contributed by atoms with Crippen LogP contribution in [0.15, 0.2) is 83.1 Å². The van der Waals surface area contributed by atoms with E-state index in [9.17, 15) is 13.7 Å². The highest BCUT2D eigenvalue weighted by molar-refractivity contribution is 7.89. The molecular weight excluding hydrogens is 386 g/mol. The molecule has 0 amide bonds. The van der Waals surface area contributed by atoms with Gasteiger partial charge in [-0.15, -0.1) is 0 Å². The lowest BCUT2D eigenvalue weighted by molar-refractivity contribution is 0.597. The molecule has 0 spiro atoms. The summed E-state index contributed by atoms with van der Waals surface area (Å²) < 4.78 is 25.1. The predicted molar refractivity (Wildman–Crippen MR) is 111 cm³/mol. The second-order valence-corrected chi connectivity index (χ2v) is 8.43. The number of primary sulfonamides is 1. The first-order valence-electron chi connectivity index (χ1n) is 9.03. The highest BCUT2D eigenvalue weighted by Gasteiger charge is 2.30. The Labute approximate surface area is 169 Å². The van der Waals surface area contributed by atoms with Crippen molar-refractivity contribution < 1.29 is 8.42 Å². The van der Waals surface area contributed by atoms with Crippen LogP contribution >= 0.6 is 0 Å². The van der Waals surface area contributed by atoms with Crippen molar-refractivity contribution >= 4 is 21.4 Å². The third-order valence-electron chi connectivity index (χ3n) is 4.84. The molecule has 0 aliphatic carbocycles. The summed E-state index contributed by atoms with van der Waals surface area (Å²) in [6.07, 6.45) is 4.55. The van der Waals surface area contributed by atoms with Crippen LogP contribution in [0.3, 0.4) is 0 Å². The van der Waals surface area contributed by atoms with Gasteiger partial charge in [0.1, 0.15) is 11.8 Å². The molecule has 0 bridgehead atoms. The zero-order chi connectivity index (χ0) is 20.4. The molecular formula is C21H19N5O2S. The number of hydrazone groups is 1. The van der Waals surface area contributed by atoms with Gasteiger partial charge in [0.2, 0.25) is 10.0 Å². The zero-order valence-corrected chi connectivity index (χ0v) is 16.3. The van der Waals surface area contributed by atoms with E-state index in [0.29, 0.717) is 17.8 Å². The van der Waals surface area contributed by atoms with Gasteiger partial charge in [-0.3, -0.25) is 5.01 Å². The van der Waals surface area contributed by atoms with Crippen molar-refractivity contribution in [2.75, 3.05) is 5.01 Å². The molecule has 2 heterocycles. The van der Waals surface area contributed by atoms with Crippen molar-refractivity contribution in [2.45, 2.75) is 23.9 Å². The van der Waals surface area contributed by atoms with Gasteiger partial charge >= 0.3 is 0 Å². The van der Waals surface area contributed by atoms with E-state index < -0.39 is 10.0 Å². The molecule has 3 aromatic rings. The smallest absolute Gasteiger partial charge is 0.238 e. The Morgan fingerprint density at radius 2 is 1.83 bits per heavy atom. The molecule has 0 saturated heterocycles. The Morgan fingerprint density at radius 3 is 2.48 bits per heavy atom. The summed E-state index contributed by atoms with van der Waals surface area (Å²) in [5, 5.41) is 20.7. The molecule has 1 unspecified atom stereocenters. The molecule has 2 N–H and O–H groups in total. The quantitative estimate of drug-likeness (QED) is 0.704. The molecule has 0 saturated carbocycles. The standard InChI is InChI=1S/C21H19N5O2S/c22-13-18-12-21(17-10-11-25(15-17)14-16-4-2-1-3-5-16)26(24-18)19-6-8-20(9-7-19)29(23,27)28/h1-11,15,21H,12,14H2,(H2,23,27,28). The first-order chi connectivity index (χ1) is 13.9. The number of aromatic nitrogens is 1. The number of anilines is 1. The van der Waals surface area contributed by atoms with Gasteiger partial charge in [-0.2, -0.15) is 10.4 Å². The topological polar surface area (TPSA) is 104 Å². The number of nitrogens with zero attached hydrogens (tertiary/aromatic N) is 4. The average molecular weight is 405 g/mol. The maximum atomic E-state index is 11.5.